The van der Waals surface area contributed by atoms with Gasteiger partial charge in [0, 0.05) is 23.9 Å². The molecule has 1 saturated carbocycles. The van der Waals surface area contributed by atoms with E-state index in [1.807, 2.05) is 60.7 Å². The van der Waals surface area contributed by atoms with Gasteiger partial charge in [0.2, 0.25) is 10.0 Å². The van der Waals surface area contributed by atoms with Crippen LogP contribution in [0.25, 0.3) is 16.9 Å². The SMILES string of the molecule is CC1[C@@H](c2ccccc2)[C@]1(NS(=O)(=O)c1ccc2nc(-c3ccccc3)cn2c1)C(=O)O. The fourth-order valence-corrected chi connectivity index (χ4v) is 5.92. The second kappa shape index (κ2) is 7.29. The smallest absolute Gasteiger partial charge is 0.325 e. The first-order valence-corrected chi connectivity index (χ1v) is 11.7. The summed E-state index contributed by atoms with van der Waals surface area (Å²) in [5.41, 5.74) is 1.44. The van der Waals surface area contributed by atoms with Gasteiger partial charge >= 0.3 is 5.97 Å². The Morgan fingerprint density at radius 1 is 1.00 bits per heavy atom. The summed E-state index contributed by atoms with van der Waals surface area (Å²) in [5.74, 6) is -2.02. The third-order valence-corrected chi connectivity index (χ3v) is 7.69. The van der Waals surface area contributed by atoms with Gasteiger partial charge in [0.1, 0.15) is 11.2 Å². The molecule has 0 radical (unpaired) electrons. The molecule has 1 aliphatic carbocycles. The summed E-state index contributed by atoms with van der Waals surface area (Å²) in [4.78, 5) is 16.7. The maximum Gasteiger partial charge on any atom is 0.325 e. The molecule has 32 heavy (non-hydrogen) atoms. The summed E-state index contributed by atoms with van der Waals surface area (Å²) >= 11 is 0. The Bertz CT molecular complexity index is 1420. The van der Waals surface area contributed by atoms with Crippen LogP contribution < -0.4 is 4.72 Å². The highest BCUT2D eigenvalue weighted by Gasteiger charge is 2.70. The molecule has 0 amide bonds. The minimum atomic E-state index is -4.10. The standard InChI is InChI=1S/C24H21N3O4S/c1-16-22(18-10-6-3-7-11-18)24(16,23(28)29)26-32(30,31)19-12-13-21-25-20(15-27(21)14-19)17-8-4-2-5-9-17/h2-16,22,26H,1H3,(H,28,29)/t16?,22-,24-/m0/s1. The van der Waals surface area contributed by atoms with Crippen molar-refractivity contribution in [2.75, 3.05) is 0 Å². The van der Waals surface area contributed by atoms with Crippen LogP contribution in [0.2, 0.25) is 0 Å². The summed E-state index contributed by atoms with van der Waals surface area (Å²) in [6.45, 7) is 1.75. The number of nitrogens with zero attached hydrogens (tertiary/aromatic N) is 2. The largest absolute Gasteiger partial charge is 0.480 e. The molecular weight excluding hydrogens is 426 g/mol. The van der Waals surface area contributed by atoms with E-state index in [4.69, 9.17) is 0 Å². The first-order chi connectivity index (χ1) is 15.3. The van der Waals surface area contributed by atoms with Crippen molar-refractivity contribution in [1.29, 1.82) is 0 Å². The van der Waals surface area contributed by atoms with Crippen molar-refractivity contribution < 1.29 is 18.3 Å². The monoisotopic (exact) mass is 447 g/mol. The van der Waals surface area contributed by atoms with Crippen LogP contribution in [0.5, 0.6) is 0 Å². The molecule has 2 aromatic heterocycles. The summed E-state index contributed by atoms with van der Waals surface area (Å²) in [5, 5.41) is 9.98. The zero-order valence-corrected chi connectivity index (χ0v) is 18.0. The molecule has 4 aromatic rings. The highest BCUT2D eigenvalue weighted by Crippen LogP contribution is 2.58. The average molecular weight is 448 g/mol. The minimum absolute atomic E-state index is 0.0199. The van der Waals surface area contributed by atoms with Crippen molar-refractivity contribution in [3.63, 3.8) is 0 Å². The van der Waals surface area contributed by atoms with Gasteiger partial charge in [0.25, 0.3) is 0 Å². The number of carbonyl (C=O) groups is 1. The zero-order chi connectivity index (χ0) is 22.5. The van der Waals surface area contributed by atoms with Crippen LogP contribution in [0.15, 0.2) is 90.1 Å². The van der Waals surface area contributed by atoms with Crippen LogP contribution in [-0.4, -0.2) is 34.4 Å². The quantitative estimate of drug-likeness (QED) is 0.471. The van der Waals surface area contributed by atoms with Crippen molar-refractivity contribution in [3.05, 3.63) is 90.8 Å². The Kier molecular flexibility index (Phi) is 4.65. The number of carboxylic acids is 1. The Morgan fingerprint density at radius 3 is 2.31 bits per heavy atom. The second-order valence-corrected chi connectivity index (χ2v) is 9.76. The van der Waals surface area contributed by atoms with E-state index in [0.29, 0.717) is 5.65 Å². The number of imidazole rings is 1. The molecule has 8 heteroatoms. The lowest BCUT2D eigenvalue weighted by Crippen LogP contribution is -2.45. The van der Waals surface area contributed by atoms with Crippen molar-refractivity contribution in [2.45, 2.75) is 23.3 Å². The van der Waals surface area contributed by atoms with Gasteiger partial charge in [-0.05, 0) is 23.6 Å². The number of pyridine rings is 1. The highest BCUT2D eigenvalue weighted by molar-refractivity contribution is 7.89. The summed E-state index contributed by atoms with van der Waals surface area (Å²) < 4.78 is 30.6. The molecule has 0 bridgehead atoms. The molecule has 0 spiro atoms. The van der Waals surface area contributed by atoms with Gasteiger partial charge in [-0.3, -0.25) is 4.79 Å². The summed E-state index contributed by atoms with van der Waals surface area (Å²) in [7, 11) is -4.10. The molecule has 2 aromatic carbocycles. The second-order valence-electron chi connectivity index (χ2n) is 8.08. The first-order valence-electron chi connectivity index (χ1n) is 10.2. The fourth-order valence-electron chi connectivity index (χ4n) is 4.46. The third-order valence-electron chi connectivity index (χ3n) is 6.22. The van der Waals surface area contributed by atoms with E-state index in [-0.39, 0.29) is 10.8 Å². The zero-order valence-electron chi connectivity index (χ0n) is 17.2. The van der Waals surface area contributed by atoms with Crippen LogP contribution in [0.4, 0.5) is 0 Å². The number of hydrogen-bond donors (Lipinski definition) is 2. The molecule has 2 heterocycles. The van der Waals surface area contributed by atoms with Crippen molar-refractivity contribution >= 4 is 21.6 Å². The van der Waals surface area contributed by atoms with Crippen LogP contribution in [0.3, 0.4) is 0 Å². The Balaban J connectivity index is 1.49. The molecule has 2 N–H and O–H groups in total. The Morgan fingerprint density at radius 2 is 1.66 bits per heavy atom. The van der Waals surface area contributed by atoms with E-state index in [2.05, 4.69) is 9.71 Å². The normalized spacial score (nSPS) is 22.7. The summed E-state index contributed by atoms with van der Waals surface area (Å²) in [6, 6.07) is 21.8. The van der Waals surface area contributed by atoms with Crippen molar-refractivity contribution in [2.24, 2.45) is 5.92 Å². The Labute approximate surface area is 185 Å². The first kappa shape index (κ1) is 20.4. The van der Waals surface area contributed by atoms with Gasteiger partial charge < -0.3 is 9.51 Å². The van der Waals surface area contributed by atoms with Gasteiger partial charge in [-0.25, -0.2) is 13.4 Å². The van der Waals surface area contributed by atoms with Crippen molar-refractivity contribution in [3.8, 4) is 11.3 Å². The lowest BCUT2D eigenvalue weighted by atomic mass is 10.1. The number of rotatable bonds is 6. The lowest BCUT2D eigenvalue weighted by Gasteiger charge is -2.16. The van der Waals surface area contributed by atoms with E-state index >= 15 is 0 Å². The molecule has 1 fully saturated rings. The van der Waals surface area contributed by atoms with Gasteiger partial charge in [0.05, 0.1) is 10.6 Å². The van der Waals surface area contributed by atoms with Crippen LogP contribution in [-0.2, 0) is 14.8 Å². The molecule has 1 unspecified atom stereocenters. The average Bonchev–Trinajstić information content (AvgIpc) is 3.17. The molecule has 1 aliphatic rings. The molecule has 7 nitrogen and oxygen atoms in total. The van der Waals surface area contributed by atoms with E-state index in [9.17, 15) is 18.3 Å². The topological polar surface area (TPSA) is 101 Å². The molecule has 5 rings (SSSR count). The summed E-state index contributed by atoms with van der Waals surface area (Å²) in [6.07, 6.45) is 3.21. The number of aliphatic carboxylic acids is 1. The number of carboxylic acid groups (broad SMARTS) is 1. The molecule has 3 atom stereocenters. The third kappa shape index (κ3) is 3.19. The fraction of sp³-hybridized carbons (Fsp3) is 0.167. The number of sulfonamides is 1. The number of benzene rings is 2. The number of nitrogens with one attached hydrogen (secondary N) is 1. The van der Waals surface area contributed by atoms with Gasteiger partial charge in [-0.2, -0.15) is 4.72 Å². The molecule has 0 aliphatic heterocycles. The van der Waals surface area contributed by atoms with E-state index in [0.717, 1.165) is 16.8 Å². The number of fused-ring (bicyclic) bond motifs is 1. The van der Waals surface area contributed by atoms with Crippen LogP contribution in [0.1, 0.15) is 18.4 Å². The van der Waals surface area contributed by atoms with Crippen LogP contribution >= 0.6 is 0 Å². The van der Waals surface area contributed by atoms with Crippen molar-refractivity contribution in [1.82, 2.24) is 14.1 Å². The predicted molar refractivity (Wildman–Crippen MR) is 120 cm³/mol. The van der Waals surface area contributed by atoms with E-state index in [1.54, 1.807) is 23.6 Å². The molecule has 162 valence electrons. The molecule has 0 saturated heterocycles. The van der Waals surface area contributed by atoms with Crippen LogP contribution in [0, 0.1) is 5.92 Å². The van der Waals surface area contributed by atoms with Gasteiger partial charge in [0.15, 0.2) is 0 Å². The lowest BCUT2D eigenvalue weighted by molar-refractivity contribution is -0.140. The highest BCUT2D eigenvalue weighted by atomic mass is 32.2. The maximum atomic E-state index is 13.2. The predicted octanol–water partition coefficient (Wildman–Crippen LogP) is 3.54. The van der Waals surface area contributed by atoms with E-state index < -0.39 is 27.4 Å². The van der Waals surface area contributed by atoms with Gasteiger partial charge in [-0.1, -0.05) is 67.6 Å². The minimum Gasteiger partial charge on any atom is -0.480 e. The van der Waals surface area contributed by atoms with E-state index in [1.165, 1.54) is 12.3 Å². The number of aromatic nitrogens is 2. The number of hydrogen-bond acceptors (Lipinski definition) is 4. The molecular formula is C24H21N3O4S. The Hall–Kier alpha value is -3.49. The van der Waals surface area contributed by atoms with Gasteiger partial charge in [-0.15, -0.1) is 0 Å². The maximum absolute atomic E-state index is 13.2.